The van der Waals surface area contributed by atoms with E-state index in [2.05, 4.69) is 17.1 Å². The molecule has 0 bridgehead atoms. The Balaban J connectivity index is 1.53. The molecule has 0 saturated carbocycles. The normalized spacial score (nSPS) is 32.3. The summed E-state index contributed by atoms with van der Waals surface area (Å²) in [4.78, 5) is 16.5. The fraction of sp³-hybridized carbons (Fsp3) is 0.706. The minimum Gasteiger partial charge on any atom is -0.445 e. The van der Waals surface area contributed by atoms with Gasteiger partial charge in [-0.1, -0.05) is 18.2 Å². The standard InChI is InChI=1S/C17H27N3O3/c1-19-13-17(19)10-15(22-9-5-8-18)11-20(17)16(21)23-12-14-6-3-2-4-7-14/h3,6-7,15H,2,4-5,8-13,18H2,1H3. The average molecular weight is 321 g/mol. The number of hydrogen-bond acceptors (Lipinski definition) is 5. The Hall–Kier alpha value is -1.37. The van der Waals surface area contributed by atoms with Crippen LogP contribution in [0.1, 0.15) is 25.7 Å². The third kappa shape index (κ3) is 3.59. The molecule has 23 heavy (non-hydrogen) atoms. The van der Waals surface area contributed by atoms with Crippen LogP contribution in [0.5, 0.6) is 0 Å². The first-order valence-electron chi connectivity index (χ1n) is 8.48. The molecule has 2 saturated heterocycles. The molecule has 1 amide bonds. The van der Waals surface area contributed by atoms with Crippen molar-refractivity contribution >= 4 is 6.09 Å². The number of carbonyl (C=O) groups excluding carboxylic acids is 1. The van der Waals surface area contributed by atoms with Crippen molar-refractivity contribution in [2.45, 2.75) is 37.5 Å². The van der Waals surface area contributed by atoms with Gasteiger partial charge in [-0.2, -0.15) is 0 Å². The summed E-state index contributed by atoms with van der Waals surface area (Å²) in [6.45, 7) is 3.13. The number of amides is 1. The SMILES string of the molecule is CN1CC12CC(OCCCN)CN2C(=O)OCC1=CCCC=C1. The zero-order chi connectivity index (χ0) is 16.3. The van der Waals surface area contributed by atoms with Crippen LogP contribution in [0.3, 0.4) is 0 Å². The lowest BCUT2D eigenvalue weighted by Gasteiger charge is -2.23. The summed E-state index contributed by atoms with van der Waals surface area (Å²) in [6.07, 6.45) is 9.93. The lowest BCUT2D eigenvalue weighted by Crippen LogP contribution is -2.41. The van der Waals surface area contributed by atoms with Crippen LogP contribution >= 0.6 is 0 Å². The van der Waals surface area contributed by atoms with Gasteiger partial charge >= 0.3 is 6.09 Å². The van der Waals surface area contributed by atoms with Crippen molar-refractivity contribution in [3.8, 4) is 0 Å². The number of likely N-dealkylation sites (tertiary alicyclic amines) is 1. The lowest BCUT2D eigenvalue weighted by atomic mass is 10.1. The molecular formula is C17H27N3O3. The van der Waals surface area contributed by atoms with E-state index in [1.54, 1.807) is 0 Å². The van der Waals surface area contributed by atoms with E-state index in [4.69, 9.17) is 15.2 Å². The van der Waals surface area contributed by atoms with Crippen LogP contribution in [0.4, 0.5) is 4.79 Å². The Kier molecular flexibility index (Phi) is 5.04. The van der Waals surface area contributed by atoms with E-state index >= 15 is 0 Å². The maximum Gasteiger partial charge on any atom is 0.411 e. The first kappa shape index (κ1) is 16.5. The van der Waals surface area contributed by atoms with Crippen LogP contribution in [0, 0.1) is 0 Å². The first-order valence-corrected chi connectivity index (χ1v) is 8.48. The topological polar surface area (TPSA) is 67.8 Å². The van der Waals surface area contributed by atoms with E-state index in [0.717, 1.165) is 37.8 Å². The van der Waals surface area contributed by atoms with Gasteiger partial charge in [-0.25, -0.2) is 4.79 Å². The smallest absolute Gasteiger partial charge is 0.411 e. The Labute approximate surface area is 137 Å². The Bertz CT molecular complexity index is 505. The summed E-state index contributed by atoms with van der Waals surface area (Å²) in [6, 6.07) is 0. The van der Waals surface area contributed by atoms with Gasteiger partial charge in [0.25, 0.3) is 0 Å². The van der Waals surface area contributed by atoms with Crippen molar-refractivity contribution in [2.75, 3.05) is 39.9 Å². The molecule has 2 heterocycles. The number of ether oxygens (including phenoxy) is 2. The van der Waals surface area contributed by atoms with Crippen molar-refractivity contribution < 1.29 is 14.3 Å². The Morgan fingerprint density at radius 1 is 1.48 bits per heavy atom. The second-order valence-electron chi connectivity index (χ2n) is 6.60. The number of allylic oxidation sites excluding steroid dienone is 2. The molecule has 128 valence electrons. The van der Waals surface area contributed by atoms with Crippen LogP contribution in [-0.2, 0) is 9.47 Å². The number of nitrogens with two attached hydrogens (primary N) is 1. The van der Waals surface area contributed by atoms with Crippen molar-refractivity contribution in [1.29, 1.82) is 0 Å². The predicted octanol–water partition coefficient (Wildman–Crippen LogP) is 1.48. The molecule has 3 rings (SSSR count). The van der Waals surface area contributed by atoms with E-state index in [1.165, 1.54) is 0 Å². The molecule has 6 nitrogen and oxygen atoms in total. The summed E-state index contributed by atoms with van der Waals surface area (Å²) in [5, 5.41) is 0. The third-order valence-electron chi connectivity index (χ3n) is 4.90. The molecule has 3 unspecified atom stereocenters. The minimum absolute atomic E-state index is 0.0767. The van der Waals surface area contributed by atoms with E-state index < -0.39 is 0 Å². The van der Waals surface area contributed by atoms with E-state index in [0.29, 0.717) is 26.3 Å². The fourth-order valence-electron chi connectivity index (χ4n) is 3.46. The highest BCUT2D eigenvalue weighted by atomic mass is 16.6. The summed E-state index contributed by atoms with van der Waals surface area (Å²) in [7, 11) is 2.04. The zero-order valence-electron chi connectivity index (χ0n) is 13.9. The highest BCUT2D eigenvalue weighted by Crippen LogP contribution is 2.44. The molecule has 0 aromatic carbocycles. The van der Waals surface area contributed by atoms with Crippen LogP contribution in [-0.4, -0.2) is 67.6 Å². The molecule has 3 atom stereocenters. The van der Waals surface area contributed by atoms with Crippen LogP contribution in [0.25, 0.3) is 0 Å². The minimum atomic E-state index is -0.237. The number of hydrogen-bond donors (Lipinski definition) is 1. The average Bonchev–Trinajstić information content (AvgIpc) is 3.04. The second kappa shape index (κ2) is 7.03. The predicted molar refractivity (Wildman–Crippen MR) is 87.9 cm³/mol. The summed E-state index contributed by atoms with van der Waals surface area (Å²) >= 11 is 0. The highest BCUT2D eigenvalue weighted by molar-refractivity contribution is 5.70. The molecule has 2 aliphatic heterocycles. The van der Waals surface area contributed by atoms with Gasteiger partial charge in [-0.05, 0) is 38.4 Å². The highest BCUT2D eigenvalue weighted by Gasteiger charge is 2.61. The summed E-state index contributed by atoms with van der Waals surface area (Å²) < 4.78 is 11.4. The molecule has 2 N–H and O–H groups in total. The second-order valence-corrected chi connectivity index (χ2v) is 6.60. The molecule has 6 heteroatoms. The number of rotatable bonds is 6. The molecule has 1 aliphatic carbocycles. The fourth-order valence-corrected chi connectivity index (χ4v) is 3.46. The van der Waals surface area contributed by atoms with Gasteiger partial charge in [0.1, 0.15) is 12.3 Å². The number of nitrogens with zero attached hydrogens (tertiary/aromatic N) is 2. The number of likely N-dealkylation sites (N-methyl/N-ethyl adjacent to an activating group) is 1. The largest absolute Gasteiger partial charge is 0.445 e. The summed E-state index contributed by atoms with van der Waals surface area (Å²) in [5.41, 5.74) is 6.39. The molecule has 0 aromatic rings. The molecule has 1 spiro atoms. The Morgan fingerprint density at radius 3 is 2.96 bits per heavy atom. The quantitative estimate of drug-likeness (QED) is 0.593. The van der Waals surface area contributed by atoms with Crippen molar-refractivity contribution in [3.63, 3.8) is 0 Å². The van der Waals surface area contributed by atoms with Crippen molar-refractivity contribution in [3.05, 3.63) is 23.8 Å². The van der Waals surface area contributed by atoms with Crippen LogP contribution in [0.15, 0.2) is 23.8 Å². The summed E-state index contributed by atoms with van der Waals surface area (Å²) in [5.74, 6) is 0. The van der Waals surface area contributed by atoms with Crippen molar-refractivity contribution in [2.24, 2.45) is 5.73 Å². The monoisotopic (exact) mass is 321 g/mol. The number of carbonyl (C=O) groups is 1. The van der Waals surface area contributed by atoms with Gasteiger partial charge in [0.15, 0.2) is 0 Å². The molecule has 0 aromatic heterocycles. The first-order chi connectivity index (χ1) is 11.2. The zero-order valence-corrected chi connectivity index (χ0v) is 13.9. The van der Waals surface area contributed by atoms with Crippen molar-refractivity contribution in [1.82, 2.24) is 9.80 Å². The van der Waals surface area contributed by atoms with Gasteiger partial charge in [-0.3, -0.25) is 9.80 Å². The molecule has 3 aliphatic rings. The molecular weight excluding hydrogens is 294 g/mol. The van der Waals surface area contributed by atoms with Gasteiger partial charge in [0.05, 0.1) is 12.6 Å². The maximum atomic E-state index is 12.5. The third-order valence-corrected chi connectivity index (χ3v) is 4.90. The van der Waals surface area contributed by atoms with E-state index in [9.17, 15) is 4.79 Å². The lowest BCUT2D eigenvalue weighted by molar-refractivity contribution is 0.0552. The molecule has 2 fully saturated rings. The van der Waals surface area contributed by atoms with Crippen LogP contribution < -0.4 is 5.73 Å². The van der Waals surface area contributed by atoms with Crippen LogP contribution in [0.2, 0.25) is 0 Å². The van der Waals surface area contributed by atoms with Gasteiger partial charge < -0.3 is 15.2 Å². The maximum absolute atomic E-state index is 12.5. The van der Waals surface area contributed by atoms with E-state index in [-0.39, 0.29) is 17.9 Å². The van der Waals surface area contributed by atoms with Gasteiger partial charge in [0, 0.05) is 19.6 Å². The van der Waals surface area contributed by atoms with Gasteiger partial charge in [0.2, 0.25) is 0 Å². The van der Waals surface area contributed by atoms with Gasteiger partial charge in [-0.15, -0.1) is 0 Å². The van der Waals surface area contributed by atoms with E-state index in [1.807, 2.05) is 18.0 Å². The Morgan fingerprint density at radius 2 is 2.30 bits per heavy atom. The molecule has 0 radical (unpaired) electrons.